The number of nitrogens with two attached hydrogens (primary N) is 1. The Morgan fingerprint density at radius 1 is 1.57 bits per heavy atom. The zero-order valence-electron chi connectivity index (χ0n) is 9.34. The van der Waals surface area contributed by atoms with Crippen LogP contribution in [0.4, 0.5) is 0 Å². The standard InChI is InChI=1S/C10H22N2O2/c1-4-8(11)6-9(13)12-7-10(3,14)5-2/h8,14H,4-7,11H2,1-3H3,(H,12,13). The molecule has 0 aliphatic carbocycles. The minimum Gasteiger partial charge on any atom is -0.388 e. The van der Waals surface area contributed by atoms with Crippen LogP contribution in [0.15, 0.2) is 0 Å². The summed E-state index contributed by atoms with van der Waals surface area (Å²) in [4.78, 5) is 11.3. The van der Waals surface area contributed by atoms with Crippen LogP contribution in [0, 0.1) is 0 Å². The summed E-state index contributed by atoms with van der Waals surface area (Å²) >= 11 is 0. The van der Waals surface area contributed by atoms with Gasteiger partial charge in [-0.05, 0) is 19.8 Å². The van der Waals surface area contributed by atoms with Crippen molar-refractivity contribution in [3.05, 3.63) is 0 Å². The summed E-state index contributed by atoms with van der Waals surface area (Å²) in [6.45, 7) is 5.82. The van der Waals surface area contributed by atoms with Crippen LogP contribution in [0.25, 0.3) is 0 Å². The smallest absolute Gasteiger partial charge is 0.221 e. The number of rotatable bonds is 6. The topological polar surface area (TPSA) is 75.4 Å². The van der Waals surface area contributed by atoms with Gasteiger partial charge in [-0.3, -0.25) is 4.79 Å². The van der Waals surface area contributed by atoms with Crippen molar-refractivity contribution >= 4 is 5.91 Å². The van der Waals surface area contributed by atoms with Crippen LogP contribution < -0.4 is 11.1 Å². The summed E-state index contributed by atoms with van der Waals surface area (Å²) < 4.78 is 0. The summed E-state index contributed by atoms with van der Waals surface area (Å²) in [6, 6.07) is -0.0819. The molecule has 2 unspecified atom stereocenters. The molecule has 0 fully saturated rings. The van der Waals surface area contributed by atoms with Gasteiger partial charge in [-0.25, -0.2) is 0 Å². The first-order chi connectivity index (χ1) is 6.41. The van der Waals surface area contributed by atoms with Crippen LogP contribution in [-0.4, -0.2) is 29.2 Å². The highest BCUT2D eigenvalue weighted by Crippen LogP contribution is 2.06. The molecule has 84 valence electrons. The SMILES string of the molecule is CCC(N)CC(=O)NCC(C)(O)CC. The van der Waals surface area contributed by atoms with E-state index in [1.165, 1.54) is 0 Å². The van der Waals surface area contributed by atoms with Crippen molar-refractivity contribution in [1.29, 1.82) is 0 Å². The first-order valence-electron chi connectivity index (χ1n) is 5.16. The van der Waals surface area contributed by atoms with E-state index in [0.29, 0.717) is 19.4 Å². The van der Waals surface area contributed by atoms with Gasteiger partial charge in [0.05, 0.1) is 5.60 Å². The molecule has 0 aromatic heterocycles. The molecule has 14 heavy (non-hydrogen) atoms. The molecule has 0 aliphatic heterocycles. The summed E-state index contributed by atoms with van der Waals surface area (Å²) in [7, 11) is 0. The Kier molecular flexibility index (Phi) is 5.72. The minimum absolute atomic E-state index is 0.0819. The highest BCUT2D eigenvalue weighted by molar-refractivity contribution is 5.76. The molecule has 0 spiro atoms. The van der Waals surface area contributed by atoms with Gasteiger partial charge in [-0.15, -0.1) is 0 Å². The number of carbonyl (C=O) groups is 1. The molecule has 0 heterocycles. The highest BCUT2D eigenvalue weighted by Gasteiger charge is 2.18. The molecule has 0 bridgehead atoms. The summed E-state index contributed by atoms with van der Waals surface area (Å²) in [5, 5.41) is 12.3. The van der Waals surface area contributed by atoms with Crippen LogP contribution >= 0.6 is 0 Å². The van der Waals surface area contributed by atoms with Crippen molar-refractivity contribution in [1.82, 2.24) is 5.32 Å². The van der Waals surface area contributed by atoms with Crippen molar-refractivity contribution in [3.63, 3.8) is 0 Å². The quantitative estimate of drug-likeness (QED) is 0.583. The second-order valence-electron chi connectivity index (χ2n) is 4.00. The highest BCUT2D eigenvalue weighted by atomic mass is 16.3. The fourth-order valence-electron chi connectivity index (χ4n) is 0.869. The summed E-state index contributed by atoms with van der Waals surface area (Å²) in [5.74, 6) is -0.0897. The lowest BCUT2D eigenvalue weighted by molar-refractivity contribution is -0.122. The van der Waals surface area contributed by atoms with Crippen LogP contribution in [0.2, 0.25) is 0 Å². The third-order valence-electron chi connectivity index (χ3n) is 2.40. The second kappa shape index (κ2) is 5.98. The maximum atomic E-state index is 11.3. The largest absolute Gasteiger partial charge is 0.388 e. The third-order valence-corrected chi connectivity index (χ3v) is 2.40. The van der Waals surface area contributed by atoms with Gasteiger partial charge in [-0.2, -0.15) is 0 Å². The van der Waals surface area contributed by atoms with Crippen molar-refractivity contribution in [2.45, 2.75) is 51.7 Å². The zero-order chi connectivity index (χ0) is 11.2. The van der Waals surface area contributed by atoms with E-state index in [1.54, 1.807) is 6.92 Å². The molecule has 0 radical (unpaired) electrons. The Hall–Kier alpha value is -0.610. The number of hydrogen-bond acceptors (Lipinski definition) is 3. The van der Waals surface area contributed by atoms with Crippen molar-refractivity contribution in [3.8, 4) is 0 Å². The Labute approximate surface area is 85.9 Å². The Morgan fingerprint density at radius 2 is 2.14 bits per heavy atom. The monoisotopic (exact) mass is 202 g/mol. The lowest BCUT2D eigenvalue weighted by Gasteiger charge is -2.21. The van der Waals surface area contributed by atoms with E-state index in [2.05, 4.69) is 5.32 Å². The normalized spacial score (nSPS) is 17.2. The third kappa shape index (κ3) is 5.94. The molecule has 4 heteroatoms. The number of carbonyl (C=O) groups excluding carboxylic acids is 1. The van der Waals surface area contributed by atoms with Crippen molar-refractivity contribution in [2.24, 2.45) is 5.73 Å². The predicted octanol–water partition coefficient (Wildman–Crippen LogP) is 0.391. The van der Waals surface area contributed by atoms with E-state index in [9.17, 15) is 9.90 Å². The zero-order valence-corrected chi connectivity index (χ0v) is 9.34. The minimum atomic E-state index is -0.814. The molecule has 4 N–H and O–H groups in total. The van der Waals surface area contributed by atoms with Gasteiger partial charge in [0.25, 0.3) is 0 Å². The number of nitrogens with one attached hydrogen (secondary N) is 1. The first-order valence-corrected chi connectivity index (χ1v) is 5.16. The number of aliphatic hydroxyl groups is 1. The second-order valence-corrected chi connectivity index (χ2v) is 4.00. The average molecular weight is 202 g/mol. The molecule has 0 saturated carbocycles. The van der Waals surface area contributed by atoms with Crippen LogP contribution in [0.3, 0.4) is 0 Å². The number of amides is 1. The van der Waals surface area contributed by atoms with E-state index in [1.807, 2.05) is 13.8 Å². The van der Waals surface area contributed by atoms with E-state index in [0.717, 1.165) is 6.42 Å². The lowest BCUT2D eigenvalue weighted by Crippen LogP contribution is -2.41. The maximum Gasteiger partial charge on any atom is 0.221 e. The Bertz CT molecular complexity index is 181. The van der Waals surface area contributed by atoms with Crippen molar-refractivity contribution < 1.29 is 9.90 Å². The Balaban J connectivity index is 3.74. The predicted molar refractivity (Wildman–Crippen MR) is 56.8 cm³/mol. The molecule has 0 aliphatic rings. The molecule has 0 aromatic rings. The van der Waals surface area contributed by atoms with Gasteiger partial charge >= 0.3 is 0 Å². The van der Waals surface area contributed by atoms with Gasteiger partial charge in [0.1, 0.15) is 0 Å². The number of hydrogen-bond donors (Lipinski definition) is 3. The molecular formula is C10H22N2O2. The van der Waals surface area contributed by atoms with Gasteiger partial charge in [0, 0.05) is 19.0 Å². The van der Waals surface area contributed by atoms with Gasteiger partial charge in [0.2, 0.25) is 5.91 Å². The maximum absolute atomic E-state index is 11.3. The van der Waals surface area contributed by atoms with Crippen LogP contribution in [-0.2, 0) is 4.79 Å². The van der Waals surface area contributed by atoms with Gasteiger partial charge in [-0.1, -0.05) is 13.8 Å². The molecule has 0 rings (SSSR count). The average Bonchev–Trinajstić information content (AvgIpc) is 2.15. The van der Waals surface area contributed by atoms with E-state index in [-0.39, 0.29) is 11.9 Å². The molecule has 0 aromatic carbocycles. The van der Waals surface area contributed by atoms with E-state index < -0.39 is 5.60 Å². The fourth-order valence-corrected chi connectivity index (χ4v) is 0.869. The summed E-state index contributed by atoms with van der Waals surface area (Å²) in [6.07, 6.45) is 1.74. The first kappa shape index (κ1) is 13.4. The Morgan fingerprint density at radius 3 is 2.57 bits per heavy atom. The van der Waals surface area contributed by atoms with Gasteiger partial charge in [0.15, 0.2) is 0 Å². The van der Waals surface area contributed by atoms with E-state index in [4.69, 9.17) is 5.73 Å². The van der Waals surface area contributed by atoms with E-state index >= 15 is 0 Å². The molecule has 2 atom stereocenters. The fraction of sp³-hybridized carbons (Fsp3) is 0.900. The lowest BCUT2D eigenvalue weighted by atomic mass is 10.0. The van der Waals surface area contributed by atoms with Crippen LogP contribution in [0.5, 0.6) is 0 Å². The van der Waals surface area contributed by atoms with Crippen molar-refractivity contribution in [2.75, 3.05) is 6.54 Å². The summed E-state index contributed by atoms with van der Waals surface area (Å²) in [5.41, 5.74) is 4.81. The van der Waals surface area contributed by atoms with Crippen LogP contribution in [0.1, 0.15) is 40.0 Å². The molecule has 0 saturated heterocycles. The molecular weight excluding hydrogens is 180 g/mol. The van der Waals surface area contributed by atoms with Gasteiger partial charge < -0.3 is 16.2 Å². The molecule has 1 amide bonds. The molecule has 4 nitrogen and oxygen atoms in total.